The summed E-state index contributed by atoms with van der Waals surface area (Å²) >= 11 is 0. The van der Waals surface area contributed by atoms with Crippen molar-refractivity contribution in [1.82, 2.24) is 19.7 Å². The molecule has 1 aromatic rings. The van der Waals surface area contributed by atoms with E-state index in [0.29, 0.717) is 6.54 Å². The Morgan fingerprint density at radius 1 is 1.40 bits per heavy atom. The lowest BCUT2D eigenvalue weighted by atomic mass is 10.2. The summed E-state index contributed by atoms with van der Waals surface area (Å²) in [6.45, 7) is 3.53. The van der Waals surface area contributed by atoms with Crippen molar-refractivity contribution in [2.24, 2.45) is 5.73 Å². The predicted octanol–water partition coefficient (Wildman–Crippen LogP) is 0.00490. The second kappa shape index (κ2) is 4.72. The average molecular weight is 209 g/mol. The van der Waals surface area contributed by atoms with Crippen LogP contribution in [0.25, 0.3) is 0 Å². The smallest absolute Gasteiger partial charge is 0.147 e. The first-order valence-corrected chi connectivity index (χ1v) is 5.61. The van der Waals surface area contributed by atoms with Gasteiger partial charge in [0.25, 0.3) is 0 Å². The van der Waals surface area contributed by atoms with Gasteiger partial charge in [0.1, 0.15) is 11.6 Å². The lowest BCUT2D eigenvalue weighted by Crippen LogP contribution is -2.27. The number of nitrogens with two attached hydrogens (primary N) is 1. The minimum atomic E-state index is 0.692. The maximum Gasteiger partial charge on any atom is 0.147 e. The van der Waals surface area contributed by atoms with Crippen molar-refractivity contribution in [3.05, 3.63) is 11.6 Å². The molecule has 5 heteroatoms. The Morgan fingerprint density at radius 3 is 3.07 bits per heavy atom. The Bertz CT molecular complexity index is 320. The molecule has 0 amide bonds. The van der Waals surface area contributed by atoms with Gasteiger partial charge < -0.3 is 10.3 Å². The third-order valence-electron chi connectivity index (χ3n) is 2.86. The number of nitrogens with zero attached hydrogens (tertiary/aromatic N) is 4. The van der Waals surface area contributed by atoms with Crippen LogP contribution in [0.4, 0.5) is 0 Å². The normalized spacial score (nSPS) is 15.7. The van der Waals surface area contributed by atoms with E-state index in [1.165, 1.54) is 12.8 Å². The quantitative estimate of drug-likeness (QED) is 0.758. The van der Waals surface area contributed by atoms with E-state index in [2.05, 4.69) is 26.7 Å². The van der Waals surface area contributed by atoms with Crippen molar-refractivity contribution in [2.75, 3.05) is 20.1 Å². The molecule has 2 N–H and O–H groups in total. The Morgan fingerprint density at radius 2 is 2.27 bits per heavy atom. The van der Waals surface area contributed by atoms with Crippen molar-refractivity contribution in [3.63, 3.8) is 0 Å². The lowest BCUT2D eigenvalue weighted by molar-refractivity contribution is 0.318. The second-order valence-corrected chi connectivity index (χ2v) is 4.17. The van der Waals surface area contributed by atoms with Crippen LogP contribution >= 0.6 is 0 Å². The highest BCUT2D eigenvalue weighted by atomic mass is 15.3. The van der Waals surface area contributed by atoms with Gasteiger partial charge >= 0.3 is 0 Å². The molecule has 1 aromatic heterocycles. The van der Waals surface area contributed by atoms with Crippen molar-refractivity contribution < 1.29 is 0 Å². The molecular formula is C10H19N5. The molecule has 1 aliphatic rings. The van der Waals surface area contributed by atoms with Crippen molar-refractivity contribution in [3.8, 4) is 0 Å². The van der Waals surface area contributed by atoms with E-state index in [0.717, 1.165) is 37.7 Å². The molecule has 0 radical (unpaired) electrons. The van der Waals surface area contributed by atoms with Crippen LogP contribution in [0, 0.1) is 0 Å². The average Bonchev–Trinajstić information content (AvgIpc) is 2.62. The first kappa shape index (κ1) is 10.6. The first-order chi connectivity index (χ1) is 7.31. The van der Waals surface area contributed by atoms with E-state index < -0.39 is 0 Å². The number of rotatable bonds is 4. The third kappa shape index (κ3) is 2.35. The fourth-order valence-electron chi connectivity index (χ4n) is 2.03. The van der Waals surface area contributed by atoms with Crippen LogP contribution in [-0.4, -0.2) is 39.8 Å². The minimum Gasteiger partial charge on any atom is -0.329 e. The zero-order chi connectivity index (χ0) is 10.7. The highest BCUT2D eigenvalue weighted by Gasteiger charge is 2.16. The standard InChI is InChI=1S/C10H19N5/c1-14(7-5-11)8-10-13-12-9-4-2-3-6-15(9)10/h2-8,11H2,1H3. The van der Waals surface area contributed by atoms with Gasteiger partial charge in [-0.2, -0.15) is 0 Å². The number of hydrogen-bond acceptors (Lipinski definition) is 4. The van der Waals surface area contributed by atoms with E-state index in [1.807, 2.05) is 0 Å². The summed E-state index contributed by atoms with van der Waals surface area (Å²) in [5.74, 6) is 2.23. The Balaban J connectivity index is 2.05. The molecule has 2 rings (SSSR count). The molecule has 15 heavy (non-hydrogen) atoms. The molecule has 0 aromatic carbocycles. The Labute approximate surface area is 90.3 Å². The van der Waals surface area contributed by atoms with Gasteiger partial charge in [-0.15, -0.1) is 10.2 Å². The molecule has 84 valence electrons. The van der Waals surface area contributed by atoms with Crippen LogP contribution in [0.3, 0.4) is 0 Å². The maximum atomic E-state index is 5.51. The summed E-state index contributed by atoms with van der Waals surface area (Å²) in [7, 11) is 2.07. The first-order valence-electron chi connectivity index (χ1n) is 5.61. The predicted molar refractivity (Wildman–Crippen MR) is 58.3 cm³/mol. The molecule has 0 bridgehead atoms. The van der Waals surface area contributed by atoms with E-state index in [1.54, 1.807) is 0 Å². The number of aryl methyl sites for hydroxylation is 1. The van der Waals surface area contributed by atoms with Crippen LogP contribution in [0.5, 0.6) is 0 Å². The summed E-state index contributed by atoms with van der Waals surface area (Å²) in [4.78, 5) is 2.19. The van der Waals surface area contributed by atoms with Crippen LogP contribution in [0.15, 0.2) is 0 Å². The van der Waals surface area contributed by atoms with Gasteiger partial charge in [-0.25, -0.2) is 0 Å². The van der Waals surface area contributed by atoms with E-state index >= 15 is 0 Å². The largest absolute Gasteiger partial charge is 0.329 e. The summed E-state index contributed by atoms with van der Waals surface area (Å²) in [6.07, 6.45) is 3.57. The zero-order valence-electron chi connectivity index (χ0n) is 9.32. The third-order valence-corrected chi connectivity index (χ3v) is 2.86. The van der Waals surface area contributed by atoms with Gasteiger partial charge in [0.2, 0.25) is 0 Å². The minimum absolute atomic E-state index is 0.692. The highest BCUT2D eigenvalue weighted by molar-refractivity contribution is 4.98. The molecule has 0 saturated carbocycles. The molecule has 0 unspecified atom stereocenters. The van der Waals surface area contributed by atoms with Crippen LogP contribution in [0.2, 0.25) is 0 Å². The zero-order valence-corrected chi connectivity index (χ0v) is 9.32. The van der Waals surface area contributed by atoms with Gasteiger partial charge in [0.15, 0.2) is 0 Å². The Kier molecular flexibility index (Phi) is 3.33. The SMILES string of the molecule is CN(CCN)Cc1nnc2n1CCCC2. The van der Waals surface area contributed by atoms with E-state index in [4.69, 9.17) is 5.73 Å². The summed E-state index contributed by atoms with van der Waals surface area (Å²) in [6, 6.07) is 0. The monoisotopic (exact) mass is 209 g/mol. The number of aromatic nitrogens is 3. The van der Waals surface area contributed by atoms with E-state index in [-0.39, 0.29) is 0 Å². The van der Waals surface area contributed by atoms with Crippen LogP contribution in [0.1, 0.15) is 24.5 Å². The molecular weight excluding hydrogens is 190 g/mol. The fourth-order valence-corrected chi connectivity index (χ4v) is 2.03. The molecule has 0 aliphatic carbocycles. The molecule has 0 atom stereocenters. The number of likely N-dealkylation sites (N-methyl/N-ethyl adjacent to an activating group) is 1. The lowest BCUT2D eigenvalue weighted by Gasteiger charge is -2.18. The fraction of sp³-hybridized carbons (Fsp3) is 0.800. The van der Waals surface area contributed by atoms with Crippen LogP contribution in [-0.2, 0) is 19.5 Å². The van der Waals surface area contributed by atoms with Gasteiger partial charge in [-0.05, 0) is 19.9 Å². The Hall–Kier alpha value is -0.940. The summed E-state index contributed by atoms with van der Waals surface area (Å²) < 4.78 is 2.26. The van der Waals surface area contributed by atoms with Crippen molar-refractivity contribution in [1.29, 1.82) is 0 Å². The second-order valence-electron chi connectivity index (χ2n) is 4.17. The molecule has 0 saturated heterocycles. The maximum absolute atomic E-state index is 5.51. The van der Waals surface area contributed by atoms with Gasteiger partial charge in [0, 0.05) is 26.1 Å². The molecule has 5 nitrogen and oxygen atoms in total. The highest BCUT2D eigenvalue weighted by Crippen LogP contribution is 2.14. The van der Waals surface area contributed by atoms with Crippen molar-refractivity contribution >= 4 is 0 Å². The number of hydrogen-bond donors (Lipinski definition) is 1. The molecule has 0 fully saturated rings. The van der Waals surface area contributed by atoms with Crippen molar-refractivity contribution in [2.45, 2.75) is 32.4 Å². The van der Waals surface area contributed by atoms with Crippen LogP contribution < -0.4 is 5.73 Å². The van der Waals surface area contributed by atoms with Gasteiger partial charge in [-0.1, -0.05) is 0 Å². The number of fused-ring (bicyclic) bond motifs is 1. The van der Waals surface area contributed by atoms with E-state index in [9.17, 15) is 0 Å². The summed E-state index contributed by atoms with van der Waals surface area (Å²) in [5, 5.41) is 8.48. The molecule has 2 heterocycles. The van der Waals surface area contributed by atoms with Gasteiger partial charge in [-0.3, -0.25) is 4.90 Å². The summed E-state index contributed by atoms with van der Waals surface area (Å²) in [5.41, 5.74) is 5.51. The molecule has 0 spiro atoms. The topological polar surface area (TPSA) is 60.0 Å². The van der Waals surface area contributed by atoms with Gasteiger partial charge in [0.05, 0.1) is 6.54 Å². The molecule has 1 aliphatic heterocycles.